The average molecular weight is 320 g/mol. The van der Waals surface area contributed by atoms with Crippen molar-refractivity contribution in [2.24, 2.45) is 13.0 Å². The lowest BCUT2D eigenvalue weighted by molar-refractivity contribution is 0.438. The lowest BCUT2D eigenvalue weighted by atomic mass is 9.99. The number of aromatic nitrogens is 2. The molecule has 4 heteroatoms. The zero-order valence-electron chi connectivity index (χ0n) is 14.4. The van der Waals surface area contributed by atoms with Crippen LogP contribution in [-0.2, 0) is 7.05 Å². The highest BCUT2D eigenvalue weighted by atomic mass is 15.1. The first kappa shape index (κ1) is 15.1. The predicted octanol–water partition coefficient (Wildman–Crippen LogP) is 4.55. The molecule has 24 heavy (non-hydrogen) atoms. The number of hydrogen-bond donors (Lipinski definition) is 1. The fraction of sp³-hybridized carbons (Fsp3) is 0.350. The molecule has 1 saturated heterocycles. The molecule has 0 radical (unpaired) electrons. The molecule has 0 saturated carbocycles. The predicted molar refractivity (Wildman–Crippen MR) is 101 cm³/mol. The molecule has 0 aliphatic carbocycles. The first-order valence-electron chi connectivity index (χ1n) is 8.72. The summed E-state index contributed by atoms with van der Waals surface area (Å²) in [4.78, 5) is 6.91. The number of piperidine rings is 1. The van der Waals surface area contributed by atoms with Crippen LogP contribution in [0.25, 0.3) is 11.0 Å². The Kier molecular flexibility index (Phi) is 3.89. The molecule has 0 amide bonds. The van der Waals surface area contributed by atoms with Gasteiger partial charge in [-0.25, -0.2) is 4.98 Å². The van der Waals surface area contributed by atoms with Gasteiger partial charge < -0.3 is 14.8 Å². The van der Waals surface area contributed by atoms with E-state index in [1.165, 1.54) is 31.6 Å². The minimum Gasteiger partial charge on any atom is -0.372 e. The van der Waals surface area contributed by atoms with Gasteiger partial charge >= 0.3 is 0 Å². The Morgan fingerprint density at radius 1 is 1.00 bits per heavy atom. The van der Waals surface area contributed by atoms with Crippen molar-refractivity contribution in [1.82, 2.24) is 9.55 Å². The maximum absolute atomic E-state index is 4.42. The smallest absolute Gasteiger partial charge is 0.0955 e. The van der Waals surface area contributed by atoms with Gasteiger partial charge in [0.05, 0.1) is 17.4 Å². The van der Waals surface area contributed by atoms with Crippen LogP contribution < -0.4 is 10.2 Å². The number of rotatable bonds is 3. The van der Waals surface area contributed by atoms with Crippen LogP contribution in [0.3, 0.4) is 0 Å². The molecule has 1 aliphatic heterocycles. The summed E-state index contributed by atoms with van der Waals surface area (Å²) in [5.41, 5.74) is 5.67. The van der Waals surface area contributed by atoms with Gasteiger partial charge in [0.25, 0.3) is 0 Å². The maximum Gasteiger partial charge on any atom is 0.0955 e. The van der Waals surface area contributed by atoms with Crippen molar-refractivity contribution in [3.05, 3.63) is 48.8 Å². The SMILES string of the molecule is CC1CCN(c2ccc(Nc3ccc4c(c3)ncn4C)cc2)CC1. The Morgan fingerprint density at radius 2 is 1.71 bits per heavy atom. The highest BCUT2D eigenvalue weighted by Gasteiger charge is 2.15. The molecule has 1 aromatic heterocycles. The van der Waals surface area contributed by atoms with Crippen LogP contribution in [0.2, 0.25) is 0 Å². The summed E-state index contributed by atoms with van der Waals surface area (Å²) in [5, 5.41) is 3.47. The lowest BCUT2D eigenvalue weighted by Crippen LogP contribution is -2.32. The normalized spacial score (nSPS) is 15.8. The van der Waals surface area contributed by atoms with Crippen molar-refractivity contribution in [1.29, 1.82) is 0 Å². The molecule has 4 rings (SSSR count). The molecule has 0 spiro atoms. The number of hydrogen-bond acceptors (Lipinski definition) is 3. The highest BCUT2D eigenvalue weighted by Crippen LogP contribution is 2.26. The maximum atomic E-state index is 4.42. The van der Waals surface area contributed by atoms with Gasteiger partial charge in [-0.1, -0.05) is 6.92 Å². The van der Waals surface area contributed by atoms with Gasteiger partial charge in [0.2, 0.25) is 0 Å². The molecular formula is C20H24N4. The van der Waals surface area contributed by atoms with E-state index in [4.69, 9.17) is 0 Å². The van der Waals surface area contributed by atoms with Crippen molar-refractivity contribution < 1.29 is 0 Å². The second kappa shape index (κ2) is 6.19. The fourth-order valence-electron chi connectivity index (χ4n) is 3.40. The first-order valence-corrected chi connectivity index (χ1v) is 8.72. The second-order valence-corrected chi connectivity index (χ2v) is 6.90. The second-order valence-electron chi connectivity index (χ2n) is 6.90. The van der Waals surface area contributed by atoms with Gasteiger partial charge in [-0.2, -0.15) is 0 Å². The summed E-state index contributed by atoms with van der Waals surface area (Å²) in [6.07, 6.45) is 4.44. The molecule has 1 N–H and O–H groups in total. The van der Waals surface area contributed by atoms with Gasteiger partial charge in [0.15, 0.2) is 0 Å². The fourth-order valence-corrected chi connectivity index (χ4v) is 3.40. The molecule has 3 aromatic rings. The Bertz CT molecular complexity index is 826. The standard InChI is InChI=1S/C20H24N4/c1-15-9-11-24(12-10-15)18-6-3-16(4-7-18)22-17-5-8-20-19(13-17)21-14-23(20)2/h3-8,13-15,22H,9-12H2,1-2H3. The van der Waals surface area contributed by atoms with E-state index >= 15 is 0 Å². The Morgan fingerprint density at radius 3 is 2.46 bits per heavy atom. The van der Waals surface area contributed by atoms with E-state index in [0.717, 1.165) is 28.3 Å². The number of nitrogens with one attached hydrogen (secondary N) is 1. The van der Waals surface area contributed by atoms with Crippen molar-refractivity contribution in [2.75, 3.05) is 23.3 Å². The highest BCUT2D eigenvalue weighted by molar-refractivity contribution is 5.81. The van der Waals surface area contributed by atoms with Crippen molar-refractivity contribution in [2.45, 2.75) is 19.8 Å². The van der Waals surface area contributed by atoms with Crippen LogP contribution in [0.4, 0.5) is 17.1 Å². The van der Waals surface area contributed by atoms with Gasteiger partial charge in [-0.15, -0.1) is 0 Å². The van der Waals surface area contributed by atoms with Crippen LogP contribution in [0.15, 0.2) is 48.8 Å². The molecule has 0 atom stereocenters. The first-order chi connectivity index (χ1) is 11.7. The number of benzene rings is 2. The molecule has 124 valence electrons. The molecule has 0 bridgehead atoms. The van der Waals surface area contributed by atoms with Crippen molar-refractivity contribution in [3.63, 3.8) is 0 Å². The molecular weight excluding hydrogens is 296 g/mol. The van der Waals surface area contributed by atoms with Gasteiger partial charge in [-0.05, 0) is 61.2 Å². The number of nitrogens with zero attached hydrogens (tertiary/aromatic N) is 3. The summed E-state index contributed by atoms with van der Waals surface area (Å²) in [6.45, 7) is 4.69. The third-order valence-electron chi connectivity index (χ3n) is 5.03. The zero-order valence-corrected chi connectivity index (χ0v) is 14.4. The molecule has 4 nitrogen and oxygen atoms in total. The molecule has 1 fully saturated rings. The summed E-state index contributed by atoms with van der Waals surface area (Å²) in [6, 6.07) is 15.1. The van der Waals surface area contributed by atoms with Crippen molar-refractivity contribution in [3.8, 4) is 0 Å². The minimum atomic E-state index is 0.865. The third kappa shape index (κ3) is 2.96. The van der Waals surface area contributed by atoms with Crippen LogP contribution in [0, 0.1) is 5.92 Å². The van der Waals surface area contributed by atoms with Gasteiger partial charge in [0.1, 0.15) is 0 Å². The van der Waals surface area contributed by atoms with E-state index in [9.17, 15) is 0 Å². The number of anilines is 3. The van der Waals surface area contributed by atoms with Crippen LogP contribution in [0.5, 0.6) is 0 Å². The molecule has 2 heterocycles. The molecule has 0 unspecified atom stereocenters. The Balaban J connectivity index is 1.48. The Hall–Kier alpha value is -2.49. The van der Waals surface area contributed by atoms with E-state index in [0.29, 0.717) is 0 Å². The van der Waals surface area contributed by atoms with E-state index in [1.807, 2.05) is 17.9 Å². The van der Waals surface area contributed by atoms with Crippen LogP contribution in [-0.4, -0.2) is 22.6 Å². The number of aryl methyl sites for hydroxylation is 1. The third-order valence-corrected chi connectivity index (χ3v) is 5.03. The largest absolute Gasteiger partial charge is 0.372 e. The van der Waals surface area contributed by atoms with E-state index in [1.54, 1.807) is 0 Å². The van der Waals surface area contributed by atoms with Crippen LogP contribution >= 0.6 is 0 Å². The summed E-state index contributed by atoms with van der Waals surface area (Å²) >= 11 is 0. The summed E-state index contributed by atoms with van der Waals surface area (Å²) in [5.74, 6) is 0.865. The monoisotopic (exact) mass is 320 g/mol. The van der Waals surface area contributed by atoms with Gasteiger partial charge in [-0.3, -0.25) is 0 Å². The Labute approximate surface area is 143 Å². The molecule has 2 aromatic carbocycles. The lowest BCUT2D eigenvalue weighted by Gasteiger charge is -2.32. The number of fused-ring (bicyclic) bond motifs is 1. The summed E-state index contributed by atoms with van der Waals surface area (Å²) in [7, 11) is 2.02. The van der Waals surface area contributed by atoms with E-state index in [2.05, 4.69) is 64.6 Å². The van der Waals surface area contributed by atoms with Crippen molar-refractivity contribution >= 4 is 28.1 Å². The minimum absolute atomic E-state index is 0.865. The van der Waals surface area contributed by atoms with Crippen LogP contribution in [0.1, 0.15) is 19.8 Å². The zero-order chi connectivity index (χ0) is 16.5. The molecule has 1 aliphatic rings. The van der Waals surface area contributed by atoms with Gasteiger partial charge in [0, 0.05) is 37.2 Å². The number of imidazole rings is 1. The topological polar surface area (TPSA) is 33.1 Å². The average Bonchev–Trinajstić information content (AvgIpc) is 2.97. The van der Waals surface area contributed by atoms with E-state index < -0.39 is 0 Å². The van der Waals surface area contributed by atoms with E-state index in [-0.39, 0.29) is 0 Å². The quantitative estimate of drug-likeness (QED) is 0.768. The summed E-state index contributed by atoms with van der Waals surface area (Å²) < 4.78 is 2.04.